The van der Waals surface area contributed by atoms with Crippen molar-refractivity contribution in [1.82, 2.24) is 39.0 Å². The van der Waals surface area contributed by atoms with Crippen LogP contribution >= 0.6 is 46.4 Å². The van der Waals surface area contributed by atoms with Gasteiger partial charge in [-0.05, 0) is 87.4 Å². The van der Waals surface area contributed by atoms with E-state index in [4.69, 9.17) is 66.3 Å². The third kappa shape index (κ3) is 6.92. The van der Waals surface area contributed by atoms with E-state index in [2.05, 4.69) is 32.9 Å². The molecule has 10 nitrogen and oxygen atoms in total. The van der Waals surface area contributed by atoms with E-state index in [1.165, 1.54) is 0 Å². The lowest BCUT2D eigenvalue weighted by molar-refractivity contribution is 0.704. The smallest absolute Gasteiger partial charge is 0.171 e. The zero-order valence-corrected chi connectivity index (χ0v) is 34.1. The van der Waals surface area contributed by atoms with E-state index >= 15 is 0 Å². The highest BCUT2D eigenvalue weighted by Gasteiger charge is 2.29. The van der Waals surface area contributed by atoms with Crippen LogP contribution in [0.2, 0.25) is 20.1 Å². The first-order chi connectivity index (χ1) is 27.2. The molecule has 8 rings (SSSR count). The fourth-order valence-corrected chi connectivity index (χ4v) is 7.82. The van der Waals surface area contributed by atoms with Crippen LogP contribution < -0.4 is 10.0 Å². The highest BCUT2D eigenvalue weighted by molar-refractivity contribution is 6.36. The van der Waals surface area contributed by atoms with Crippen LogP contribution in [0.4, 0.5) is 23.0 Å². The first-order valence-corrected chi connectivity index (χ1v) is 19.7. The van der Waals surface area contributed by atoms with Crippen LogP contribution in [0.15, 0.2) is 97.6 Å². The Morgan fingerprint density at radius 2 is 1.09 bits per heavy atom. The standard InChI is InChI=1S/C42H36Cl4N10/c1-5-17-53-36-12-8-9-31(43)37(36)52-40(53)28-20-34(46)42(50-22-28)56(30-16-14-26(4)48-24-30)55(29-15-13-25(3)47-23-29)41-33(45)19-27(21-49-41)39-51-35-11-7-10-32(44)38(35)54(39)18-6-2/h7-16,19-24H,5-6,17-18H2,1-4H3. The van der Waals surface area contributed by atoms with Gasteiger partial charge in [-0.2, -0.15) is 0 Å². The van der Waals surface area contributed by atoms with Gasteiger partial charge in [0.1, 0.15) is 17.2 Å². The number of imidazole rings is 2. The first kappa shape index (κ1) is 37.7. The predicted octanol–water partition coefficient (Wildman–Crippen LogP) is 12.2. The second-order valence-corrected chi connectivity index (χ2v) is 15.0. The van der Waals surface area contributed by atoms with Crippen molar-refractivity contribution in [2.24, 2.45) is 0 Å². The van der Waals surface area contributed by atoms with E-state index in [0.29, 0.717) is 49.6 Å². The maximum Gasteiger partial charge on any atom is 0.171 e. The van der Waals surface area contributed by atoms with Crippen molar-refractivity contribution in [2.75, 3.05) is 10.0 Å². The summed E-state index contributed by atoms with van der Waals surface area (Å²) < 4.78 is 4.26. The Morgan fingerprint density at radius 1 is 0.554 bits per heavy atom. The number of pyridine rings is 4. The lowest BCUT2D eigenvalue weighted by Crippen LogP contribution is -2.37. The minimum absolute atomic E-state index is 0.354. The highest BCUT2D eigenvalue weighted by Crippen LogP contribution is 2.42. The zero-order chi connectivity index (χ0) is 39.1. The molecule has 0 spiro atoms. The lowest BCUT2D eigenvalue weighted by Gasteiger charge is -2.37. The molecule has 0 aliphatic heterocycles. The Labute approximate surface area is 344 Å². The number of hydrogen-bond donors (Lipinski definition) is 0. The monoisotopic (exact) mass is 820 g/mol. The van der Waals surface area contributed by atoms with Gasteiger partial charge < -0.3 is 9.13 Å². The summed E-state index contributed by atoms with van der Waals surface area (Å²) in [6, 6.07) is 23.0. The van der Waals surface area contributed by atoms with Crippen LogP contribution in [0.5, 0.6) is 0 Å². The fourth-order valence-electron chi connectivity index (χ4n) is 6.84. The molecule has 0 fully saturated rings. The van der Waals surface area contributed by atoms with E-state index in [9.17, 15) is 0 Å². The Kier molecular flexibility index (Phi) is 10.6. The van der Waals surface area contributed by atoms with Crippen LogP contribution in [-0.2, 0) is 13.1 Å². The van der Waals surface area contributed by atoms with Gasteiger partial charge in [0.2, 0.25) is 0 Å². The molecule has 8 aromatic rings. The van der Waals surface area contributed by atoms with E-state index < -0.39 is 0 Å². The van der Waals surface area contributed by atoms with Gasteiger partial charge in [0.05, 0.1) is 60.4 Å². The largest absolute Gasteiger partial charge is 0.324 e. The Balaban J connectivity index is 1.30. The molecule has 2 aromatic carbocycles. The van der Waals surface area contributed by atoms with E-state index in [1.54, 1.807) is 24.8 Å². The number of benzene rings is 2. The predicted molar refractivity (Wildman–Crippen MR) is 229 cm³/mol. The number of para-hydroxylation sites is 2. The quantitative estimate of drug-likeness (QED) is 0.119. The van der Waals surface area contributed by atoms with Crippen LogP contribution in [0, 0.1) is 13.8 Å². The second-order valence-electron chi connectivity index (χ2n) is 13.4. The van der Waals surface area contributed by atoms with Crippen molar-refractivity contribution in [3.05, 3.63) is 129 Å². The number of fused-ring (bicyclic) bond motifs is 2. The molecular weight excluding hydrogens is 786 g/mol. The maximum atomic E-state index is 7.30. The van der Waals surface area contributed by atoms with Crippen molar-refractivity contribution < 1.29 is 0 Å². The van der Waals surface area contributed by atoms with Gasteiger partial charge in [-0.3, -0.25) is 9.97 Å². The molecule has 0 atom stereocenters. The Hall–Kier alpha value is -5.26. The fraction of sp³-hybridized carbons (Fsp3) is 0.190. The maximum absolute atomic E-state index is 7.30. The molecule has 0 N–H and O–H groups in total. The number of anilines is 4. The molecule has 0 amide bonds. The van der Waals surface area contributed by atoms with Crippen molar-refractivity contribution in [1.29, 1.82) is 0 Å². The molecule has 0 saturated heterocycles. The molecule has 282 valence electrons. The number of aromatic nitrogens is 8. The molecule has 14 heteroatoms. The number of rotatable bonds is 11. The summed E-state index contributed by atoms with van der Waals surface area (Å²) in [6.45, 7) is 9.56. The molecular formula is C42H36Cl4N10. The van der Waals surface area contributed by atoms with E-state index in [0.717, 1.165) is 75.6 Å². The van der Waals surface area contributed by atoms with Crippen molar-refractivity contribution in [3.63, 3.8) is 0 Å². The summed E-state index contributed by atoms with van der Waals surface area (Å²) in [5.74, 6) is 2.24. The summed E-state index contributed by atoms with van der Waals surface area (Å²) >= 11 is 27.9. The van der Waals surface area contributed by atoms with Crippen LogP contribution in [0.1, 0.15) is 38.1 Å². The first-order valence-electron chi connectivity index (χ1n) is 18.2. The summed E-state index contributed by atoms with van der Waals surface area (Å²) in [6.07, 6.45) is 8.84. The summed E-state index contributed by atoms with van der Waals surface area (Å²) in [5.41, 5.74) is 7.80. The normalized spacial score (nSPS) is 11.5. The van der Waals surface area contributed by atoms with Gasteiger partial charge >= 0.3 is 0 Å². The van der Waals surface area contributed by atoms with E-state index in [1.807, 2.05) is 96.7 Å². The van der Waals surface area contributed by atoms with Gasteiger partial charge in [0, 0.05) is 48.0 Å². The minimum atomic E-state index is 0.354. The molecule has 0 radical (unpaired) electrons. The van der Waals surface area contributed by atoms with Crippen LogP contribution in [0.3, 0.4) is 0 Å². The average Bonchev–Trinajstić information content (AvgIpc) is 3.76. The molecule has 0 bridgehead atoms. The second kappa shape index (κ2) is 15.7. The summed E-state index contributed by atoms with van der Waals surface area (Å²) in [7, 11) is 0. The molecule has 0 aliphatic rings. The summed E-state index contributed by atoms with van der Waals surface area (Å²) in [4.78, 5) is 29.2. The molecule has 0 aliphatic carbocycles. The molecule has 0 saturated carbocycles. The van der Waals surface area contributed by atoms with Crippen LogP contribution in [-0.4, -0.2) is 39.0 Å². The molecule has 6 heterocycles. The van der Waals surface area contributed by atoms with Gasteiger partial charge in [-0.15, -0.1) is 0 Å². The number of nitrogens with zero attached hydrogens (tertiary/aromatic N) is 10. The molecule has 6 aromatic heterocycles. The van der Waals surface area contributed by atoms with Gasteiger partial charge in [0.25, 0.3) is 0 Å². The Morgan fingerprint density at radius 3 is 1.62 bits per heavy atom. The zero-order valence-electron chi connectivity index (χ0n) is 31.1. The number of hydrazine groups is 1. The minimum Gasteiger partial charge on any atom is -0.324 e. The highest BCUT2D eigenvalue weighted by atomic mass is 35.5. The third-order valence-electron chi connectivity index (χ3n) is 9.38. The molecule has 0 unspecified atom stereocenters. The van der Waals surface area contributed by atoms with Gasteiger partial charge in [0.15, 0.2) is 11.6 Å². The Bertz CT molecular complexity index is 2610. The van der Waals surface area contributed by atoms with Gasteiger partial charge in [-0.25, -0.2) is 30.0 Å². The van der Waals surface area contributed by atoms with Crippen molar-refractivity contribution >= 4 is 91.5 Å². The van der Waals surface area contributed by atoms with Crippen LogP contribution in [0.25, 0.3) is 44.8 Å². The topological polar surface area (TPSA) is 93.7 Å². The lowest BCUT2D eigenvalue weighted by atomic mass is 10.2. The van der Waals surface area contributed by atoms with Gasteiger partial charge in [-0.1, -0.05) is 72.4 Å². The third-order valence-corrected chi connectivity index (χ3v) is 10.5. The number of hydrogen-bond acceptors (Lipinski definition) is 8. The number of aryl methyl sites for hydroxylation is 4. The van der Waals surface area contributed by atoms with Crippen molar-refractivity contribution in [2.45, 2.75) is 53.6 Å². The SMILES string of the molecule is CCCn1c(-c2cnc(N(c3ccc(C)nc3)N(c3ccc(C)nc3)c3ncc(-c4nc5cccc(Cl)c5n4CCC)cc3Cl)c(Cl)c2)nc2c(Cl)cccc21. The average molecular weight is 823 g/mol. The number of halogens is 4. The van der Waals surface area contributed by atoms with E-state index in [-0.39, 0.29) is 0 Å². The van der Waals surface area contributed by atoms with Crippen molar-refractivity contribution in [3.8, 4) is 22.8 Å². The summed E-state index contributed by atoms with van der Waals surface area (Å²) in [5, 5.41) is 5.61. The molecule has 56 heavy (non-hydrogen) atoms.